The number of hydrogen-bond acceptors (Lipinski definition) is 4. The summed E-state index contributed by atoms with van der Waals surface area (Å²) in [4.78, 5) is 16.3. The Hall–Kier alpha value is -2.33. The van der Waals surface area contributed by atoms with E-state index in [1.807, 2.05) is 42.5 Å². The van der Waals surface area contributed by atoms with Crippen molar-refractivity contribution in [1.29, 1.82) is 0 Å². The average molecular weight is 338 g/mol. The number of anilines is 1. The molecule has 1 fully saturated rings. The molecule has 0 amide bonds. The fraction of sp³-hybridized carbons (Fsp3) is 0.381. The van der Waals surface area contributed by atoms with Crippen molar-refractivity contribution in [3.8, 4) is 5.75 Å². The van der Waals surface area contributed by atoms with Crippen molar-refractivity contribution in [2.75, 3.05) is 44.7 Å². The van der Waals surface area contributed by atoms with Gasteiger partial charge in [0.2, 0.25) is 0 Å². The molecule has 2 aromatic rings. The zero-order chi connectivity index (χ0) is 17.5. The SMILES string of the molecule is COc1ccccc1N1CCN(CCC(C=O)c2ccccc2)CC1. The maximum absolute atomic E-state index is 11.4. The van der Waals surface area contributed by atoms with Crippen LogP contribution in [0, 0.1) is 0 Å². The van der Waals surface area contributed by atoms with Crippen molar-refractivity contribution in [3.63, 3.8) is 0 Å². The Bertz CT molecular complexity index is 667. The van der Waals surface area contributed by atoms with Crippen LogP contribution in [0.3, 0.4) is 0 Å². The van der Waals surface area contributed by atoms with Crippen LogP contribution in [0.5, 0.6) is 5.75 Å². The minimum atomic E-state index is -0.00607. The molecule has 4 nitrogen and oxygen atoms in total. The fourth-order valence-corrected chi connectivity index (χ4v) is 3.44. The van der Waals surface area contributed by atoms with Gasteiger partial charge in [0, 0.05) is 32.1 Å². The molecule has 1 saturated heterocycles. The molecule has 1 heterocycles. The molecule has 25 heavy (non-hydrogen) atoms. The van der Waals surface area contributed by atoms with Crippen LogP contribution in [0.2, 0.25) is 0 Å². The number of hydrogen-bond donors (Lipinski definition) is 0. The molecule has 4 heteroatoms. The Morgan fingerprint density at radius 3 is 2.36 bits per heavy atom. The van der Waals surface area contributed by atoms with Gasteiger partial charge in [-0.15, -0.1) is 0 Å². The van der Waals surface area contributed by atoms with Crippen LogP contribution in [0.15, 0.2) is 54.6 Å². The maximum Gasteiger partial charge on any atom is 0.142 e. The summed E-state index contributed by atoms with van der Waals surface area (Å²) < 4.78 is 5.47. The molecule has 0 aliphatic carbocycles. The maximum atomic E-state index is 11.4. The Morgan fingerprint density at radius 1 is 1.00 bits per heavy atom. The average Bonchev–Trinajstić information content (AvgIpc) is 2.70. The van der Waals surface area contributed by atoms with E-state index < -0.39 is 0 Å². The lowest BCUT2D eigenvalue weighted by Crippen LogP contribution is -2.47. The lowest BCUT2D eigenvalue weighted by atomic mass is 9.97. The van der Waals surface area contributed by atoms with E-state index >= 15 is 0 Å². The minimum Gasteiger partial charge on any atom is -0.495 e. The van der Waals surface area contributed by atoms with Gasteiger partial charge in [-0.2, -0.15) is 0 Å². The Labute approximate surface area is 150 Å². The van der Waals surface area contributed by atoms with E-state index in [-0.39, 0.29) is 5.92 Å². The first kappa shape index (κ1) is 17.5. The number of rotatable bonds is 7. The number of benzene rings is 2. The highest BCUT2D eigenvalue weighted by atomic mass is 16.5. The molecule has 2 aromatic carbocycles. The Morgan fingerprint density at radius 2 is 1.68 bits per heavy atom. The van der Waals surface area contributed by atoms with Gasteiger partial charge in [-0.3, -0.25) is 4.90 Å². The summed E-state index contributed by atoms with van der Waals surface area (Å²) in [6, 6.07) is 18.2. The Balaban J connectivity index is 1.52. The van der Waals surface area contributed by atoms with Crippen LogP contribution in [-0.4, -0.2) is 51.0 Å². The van der Waals surface area contributed by atoms with E-state index in [4.69, 9.17) is 4.74 Å². The van der Waals surface area contributed by atoms with Crippen molar-refractivity contribution in [2.24, 2.45) is 0 Å². The van der Waals surface area contributed by atoms with Crippen LogP contribution in [0.25, 0.3) is 0 Å². The summed E-state index contributed by atoms with van der Waals surface area (Å²) in [5, 5.41) is 0. The molecule has 0 radical (unpaired) electrons. The largest absolute Gasteiger partial charge is 0.495 e. The quantitative estimate of drug-likeness (QED) is 0.726. The van der Waals surface area contributed by atoms with Crippen molar-refractivity contribution in [3.05, 3.63) is 60.2 Å². The van der Waals surface area contributed by atoms with Crippen molar-refractivity contribution in [2.45, 2.75) is 12.3 Å². The van der Waals surface area contributed by atoms with E-state index in [2.05, 4.69) is 21.9 Å². The van der Waals surface area contributed by atoms with Crippen molar-refractivity contribution in [1.82, 2.24) is 4.90 Å². The van der Waals surface area contributed by atoms with E-state index in [0.29, 0.717) is 0 Å². The van der Waals surface area contributed by atoms with Gasteiger partial charge in [0.15, 0.2) is 0 Å². The molecule has 1 unspecified atom stereocenters. The number of carbonyl (C=O) groups excluding carboxylic acids is 1. The zero-order valence-electron chi connectivity index (χ0n) is 14.8. The van der Waals surface area contributed by atoms with Gasteiger partial charge in [0.1, 0.15) is 12.0 Å². The van der Waals surface area contributed by atoms with Crippen molar-refractivity contribution >= 4 is 12.0 Å². The van der Waals surface area contributed by atoms with Crippen LogP contribution in [0.1, 0.15) is 17.9 Å². The molecule has 0 aromatic heterocycles. The molecule has 0 bridgehead atoms. The summed E-state index contributed by atoms with van der Waals surface area (Å²) in [6.07, 6.45) is 1.96. The highest BCUT2D eigenvalue weighted by molar-refractivity contribution is 5.62. The smallest absolute Gasteiger partial charge is 0.142 e. The lowest BCUT2D eigenvalue weighted by molar-refractivity contribution is -0.109. The summed E-state index contributed by atoms with van der Waals surface area (Å²) >= 11 is 0. The van der Waals surface area contributed by atoms with Gasteiger partial charge in [0.05, 0.1) is 12.8 Å². The van der Waals surface area contributed by atoms with Gasteiger partial charge in [-0.05, 0) is 30.7 Å². The molecular formula is C21H26N2O2. The zero-order valence-corrected chi connectivity index (χ0v) is 14.8. The first-order valence-electron chi connectivity index (χ1n) is 8.92. The standard InChI is InChI=1S/C21H26N2O2/c1-25-21-10-6-5-9-20(21)23-15-13-22(14-16-23)12-11-19(17-24)18-7-3-2-4-8-18/h2-10,17,19H,11-16H2,1H3. The number of aldehydes is 1. The lowest BCUT2D eigenvalue weighted by Gasteiger charge is -2.37. The van der Waals surface area contributed by atoms with Gasteiger partial charge < -0.3 is 14.4 Å². The second-order valence-corrected chi connectivity index (χ2v) is 6.44. The fourth-order valence-electron chi connectivity index (χ4n) is 3.44. The number of ether oxygens (including phenoxy) is 1. The summed E-state index contributed by atoms with van der Waals surface area (Å²) in [6.45, 7) is 4.95. The first-order chi connectivity index (χ1) is 12.3. The number of piperazine rings is 1. The second kappa shape index (κ2) is 8.67. The van der Waals surface area contributed by atoms with Gasteiger partial charge in [-0.25, -0.2) is 0 Å². The van der Waals surface area contributed by atoms with E-state index in [0.717, 1.165) is 56.7 Å². The predicted octanol–water partition coefficient (Wildman–Crippen LogP) is 3.19. The molecule has 3 rings (SSSR count). The van der Waals surface area contributed by atoms with Gasteiger partial charge in [0.25, 0.3) is 0 Å². The summed E-state index contributed by atoms with van der Waals surface area (Å²) in [5.74, 6) is 0.925. The number of nitrogens with zero attached hydrogens (tertiary/aromatic N) is 2. The third kappa shape index (κ3) is 4.40. The van der Waals surface area contributed by atoms with E-state index in [9.17, 15) is 4.79 Å². The van der Waals surface area contributed by atoms with Crippen LogP contribution in [0.4, 0.5) is 5.69 Å². The number of para-hydroxylation sites is 2. The second-order valence-electron chi connectivity index (χ2n) is 6.44. The molecule has 0 N–H and O–H groups in total. The highest BCUT2D eigenvalue weighted by Crippen LogP contribution is 2.28. The minimum absolute atomic E-state index is 0.00607. The van der Waals surface area contributed by atoms with Crippen LogP contribution >= 0.6 is 0 Å². The van der Waals surface area contributed by atoms with E-state index in [1.54, 1.807) is 7.11 Å². The first-order valence-corrected chi connectivity index (χ1v) is 8.92. The predicted molar refractivity (Wildman–Crippen MR) is 102 cm³/mol. The van der Waals surface area contributed by atoms with Gasteiger partial charge >= 0.3 is 0 Å². The number of methoxy groups -OCH3 is 1. The van der Waals surface area contributed by atoms with Gasteiger partial charge in [-0.1, -0.05) is 42.5 Å². The topological polar surface area (TPSA) is 32.8 Å². The third-order valence-electron chi connectivity index (χ3n) is 4.95. The summed E-state index contributed by atoms with van der Waals surface area (Å²) in [5.41, 5.74) is 2.28. The highest BCUT2D eigenvalue weighted by Gasteiger charge is 2.20. The molecule has 0 spiro atoms. The summed E-state index contributed by atoms with van der Waals surface area (Å²) in [7, 11) is 1.72. The normalized spacial score (nSPS) is 16.4. The van der Waals surface area contributed by atoms with E-state index in [1.165, 1.54) is 5.69 Å². The molecule has 1 aliphatic heterocycles. The molecule has 132 valence electrons. The molecule has 1 aliphatic rings. The Kier molecular flexibility index (Phi) is 6.07. The third-order valence-corrected chi connectivity index (χ3v) is 4.95. The molecule has 1 atom stereocenters. The molecular weight excluding hydrogens is 312 g/mol. The van der Waals surface area contributed by atoms with Crippen LogP contribution < -0.4 is 9.64 Å². The number of carbonyl (C=O) groups is 1. The van der Waals surface area contributed by atoms with Crippen LogP contribution in [-0.2, 0) is 4.79 Å². The van der Waals surface area contributed by atoms with Crippen molar-refractivity contribution < 1.29 is 9.53 Å². The molecule has 0 saturated carbocycles. The monoisotopic (exact) mass is 338 g/mol.